The van der Waals surface area contributed by atoms with E-state index in [1.54, 1.807) is 33.1 Å². The van der Waals surface area contributed by atoms with E-state index in [0.29, 0.717) is 18.0 Å². The average Bonchev–Trinajstić information content (AvgIpc) is 2.86. The van der Waals surface area contributed by atoms with E-state index in [2.05, 4.69) is 10.1 Å². The Balaban J connectivity index is 2.12. The van der Waals surface area contributed by atoms with Gasteiger partial charge in [-0.1, -0.05) is 23.4 Å². The number of methoxy groups -OCH3 is 1. The van der Waals surface area contributed by atoms with E-state index in [9.17, 15) is 4.79 Å². The van der Waals surface area contributed by atoms with Crippen molar-refractivity contribution in [3.63, 3.8) is 0 Å². The molecule has 106 valence electrons. The average molecular weight is 276 g/mol. The summed E-state index contributed by atoms with van der Waals surface area (Å²) in [6.45, 7) is 3.73. The fraction of sp³-hybridized carbons (Fsp3) is 0.357. The number of rotatable bonds is 5. The Bertz CT molecular complexity index is 594. The van der Waals surface area contributed by atoms with E-state index < -0.39 is 12.1 Å². The summed E-state index contributed by atoms with van der Waals surface area (Å²) in [6, 6.07) is 7.14. The van der Waals surface area contributed by atoms with E-state index in [-0.39, 0.29) is 5.89 Å². The van der Waals surface area contributed by atoms with Crippen LogP contribution in [-0.2, 0) is 16.1 Å². The molecule has 0 aliphatic heterocycles. The third-order valence-corrected chi connectivity index (χ3v) is 2.71. The Kier molecular flexibility index (Phi) is 4.47. The summed E-state index contributed by atoms with van der Waals surface area (Å²) < 4.78 is 15.4. The molecule has 0 amide bonds. The summed E-state index contributed by atoms with van der Waals surface area (Å²) in [5.74, 6) is 0.337. The van der Waals surface area contributed by atoms with Crippen LogP contribution in [0.15, 0.2) is 28.8 Å². The zero-order valence-electron chi connectivity index (χ0n) is 11.6. The number of nitrogens with zero attached hydrogens (tertiary/aromatic N) is 2. The molecular formula is C14H16N2O4. The molecule has 0 aliphatic carbocycles. The molecule has 0 N–H and O–H groups in total. The van der Waals surface area contributed by atoms with Gasteiger partial charge in [-0.05, 0) is 25.5 Å². The van der Waals surface area contributed by atoms with Gasteiger partial charge < -0.3 is 14.0 Å². The lowest BCUT2D eigenvalue weighted by Crippen LogP contribution is -2.12. The SMILES string of the molecule is COCc1ccccc1C(=O)OC(C)c1nc(C)no1. The second kappa shape index (κ2) is 6.29. The molecule has 0 saturated heterocycles. The van der Waals surface area contributed by atoms with Crippen molar-refractivity contribution in [2.75, 3.05) is 7.11 Å². The third kappa shape index (κ3) is 3.21. The van der Waals surface area contributed by atoms with Crippen LogP contribution in [0.1, 0.15) is 40.7 Å². The Morgan fingerprint density at radius 2 is 2.15 bits per heavy atom. The molecule has 0 spiro atoms. The number of hydrogen-bond acceptors (Lipinski definition) is 6. The molecule has 1 atom stereocenters. The molecule has 0 aliphatic rings. The van der Waals surface area contributed by atoms with Crippen LogP contribution in [0.5, 0.6) is 0 Å². The molecule has 6 heteroatoms. The number of aromatic nitrogens is 2. The van der Waals surface area contributed by atoms with Crippen LogP contribution in [0, 0.1) is 6.92 Å². The minimum absolute atomic E-state index is 0.278. The van der Waals surface area contributed by atoms with Crippen LogP contribution in [-0.4, -0.2) is 23.2 Å². The normalized spacial score (nSPS) is 12.2. The maximum absolute atomic E-state index is 12.2. The van der Waals surface area contributed by atoms with Crippen LogP contribution in [0.4, 0.5) is 0 Å². The van der Waals surface area contributed by atoms with E-state index in [4.69, 9.17) is 14.0 Å². The van der Waals surface area contributed by atoms with Gasteiger partial charge in [-0.3, -0.25) is 0 Å². The summed E-state index contributed by atoms with van der Waals surface area (Å²) in [7, 11) is 1.58. The van der Waals surface area contributed by atoms with Crippen molar-refractivity contribution >= 4 is 5.97 Å². The van der Waals surface area contributed by atoms with Crippen LogP contribution >= 0.6 is 0 Å². The number of benzene rings is 1. The van der Waals surface area contributed by atoms with E-state index >= 15 is 0 Å². The largest absolute Gasteiger partial charge is 0.449 e. The van der Waals surface area contributed by atoms with Gasteiger partial charge in [0.05, 0.1) is 12.2 Å². The van der Waals surface area contributed by atoms with Gasteiger partial charge in [0.25, 0.3) is 5.89 Å². The molecule has 0 saturated carbocycles. The number of aryl methyl sites for hydroxylation is 1. The quantitative estimate of drug-likeness (QED) is 0.781. The van der Waals surface area contributed by atoms with Gasteiger partial charge in [0.2, 0.25) is 0 Å². The minimum atomic E-state index is -0.598. The minimum Gasteiger partial charge on any atom is -0.449 e. The Morgan fingerprint density at radius 3 is 2.80 bits per heavy atom. The Hall–Kier alpha value is -2.21. The lowest BCUT2D eigenvalue weighted by molar-refractivity contribution is 0.0261. The fourth-order valence-corrected chi connectivity index (χ4v) is 1.75. The second-order valence-corrected chi connectivity index (χ2v) is 4.32. The number of esters is 1. The predicted molar refractivity (Wildman–Crippen MR) is 70.0 cm³/mol. The first-order chi connectivity index (χ1) is 9.61. The summed E-state index contributed by atoms with van der Waals surface area (Å²) >= 11 is 0. The van der Waals surface area contributed by atoms with Crippen LogP contribution in [0.2, 0.25) is 0 Å². The zero-order valence-corrected chi connectivity index (χ0v) is 11.6. The highest BCUT2D eigenvalue weighted by molar-refractivity contribution is 5.91. The molecule has 1 aromatic heterocycles. The standard InChI is InChI=1S/C14H16N2O4/c1-9(13-15-10(2)16-20-13)19-14(17)12-7-5-4-6-11(12)8-18-3/h4-7,9H,8H2,1-3H3. The summed E-state index contributed by atoms with van der Waals surface area (Å²) in [6.07, 6.45) is -0.598. The lowest BCUT2D eigenvalue weighted by atomic mass is 10.1. The van der Waals surface area contributed by atoms with Crippen molar-refractivity contribution in [1.29, 1.82) is 0 Å². The Labute approximate surface area is 116 Å². The zero-order chi connectivity index (χ0) is 14.5. The molecule has 2 rings (SSSR count). The number of ether oxygens (including phenoxy) is 2. The summed E-state index contributed by atoms with van der Waals surface area (Å²) in [5, 5.41) is 3.67. The third-order valence-electron chi connectivity index (χ3n) is 2.71. The molecule has 1 unspecified atom stereocenters. The van der Waals surface area contributed by atoms with Crippen LogP contribution < -0.4 is 0 Å². The van der Waals surface area contributed by atoms with E-state index in [1.165, 1.54) is 0 Å². The van der Waals surface area contributed by atoms with Gasteiger partial charge in [0, 0.05) is 7.11 Å². The van der Waals surface area contributed by atoms with Crippen molar-refractivity contribution in [2.24, 2.45) is 0 Å². The molecule has 0 bridgehead atoms. The van der Waals surface area contributed by atoms with Gasteiger partial charge in [-0.15, -0.1) is 0 Å². The predicted octanol–water partition coefficient (Wildman–Crippen LogP) is 2.44. The number of carbonyl (C=O) groups excluding carboxylic acids is 1. The van der Waals surface area contributed by atoms with Gasteiger partial charge in [-0.25, -0.2) is 4.79 Å². The molecule has 0 radical (unpaired) electrons. The summed E-state index contributed by atoms with van der Waals surface area (Å²) in [4.78, 5) is 16.2. The first-order valence-corrected chi connectivity index (χ1v) is 6.20. The lowest BCUT2D eigenvalue weighted by Gasteiger charge is -2.11. The first-order valence-electron chi connectivity index (χ1n) is 6.20. The fourth-order valence-electron chi connectivity index (χ4n) is 1.75. The van der Waals surface area contributed by atoms with Crippen molar-refractivity contribution in [3.8, 4) is 0 Å². The maximum Gasteiger partial charge on any atom is 0.339 e. The second-order valence-electron chi connectivity index (χ2n) is 4.32. The number of hydrogen-bond donors (Lipinski definition) is 0. The van der Waals surface area contributed by atoms with Crippen molar-refractivity contribution < 1.29 is 18.8 Å². The van der Waals surface area contributed by atoms with Crippen molar-refractivity contribution in [3.05, 3.63) is 47.1 Å². The smallest absolute Gasteiger partial charge is 0.339 e. The van der Waals surface area contributed by atoms with Gasteiger partial charge in [0.1, 0.15) is 0 Å². The molecule has 1 aromatic carbocycles. The molecule has 2 aromatic rings. The highest BCUT2D eigenvalue weighted by atomic mass is 16.6. The van der Waals surface area contributed by atoms with E-state index in [0.717, 1.165) is 5.56 Å². The maximum atomic E-state index is 12.2. The highest BCUT2D eigenvalue weighted by Gasteiger charge is 2.20. The number of carbonyl (C=O) groups is 1. The van der Waals surface area contributed by atoms with Crippen LogP contribution in [0.3, 0.4) is 0 Å². The molecule has 20 heavy (non-hydrogen) atoms. The molecule has 6 nitrogen and oxygen atoms in total. The van der Waals surface area contributed by atoms with E-state index in [1.807, 2.05) is 12.1 Å². The van der Waals surface area contributed by atoms with Crippen molar-refractivity contribution in [2.45, 2.75) is 26.6 Å². The topological polar surface area (TPSA) is 74.5 Å². The summed E-state index contributed by atoms with van der Waals surface area (Å²) in [5.41, 5.74) is 1.24. The van der Waals surface area contributed by atoms with Crippen molar-refractivity contribution in [1.82, 2.24) is 10.1 Å². The monoisotopic (exact) mass is 276 g/mol. The Morgan fingerprint density at radius 1 is 1.40 bits per heavy atom. The van der Waals surface area contributed by atoms with Crippen LogP contribution in [0.25, 0.3) is 0 Å². The van der Waals surface area contributed by atoms with Gasteiger partial charge >= 0.3 is 5.97 Å². The molecular weight excluding hydrogens is 260 g/mol. The molecule has 0 fully saturated rings. The van der Waals surface area contributed by atoms with Gasteiger partial charge in [0.15, 0.2) is 11.9 Å². The first kappa shape index (κ1) is 14.2. The van der Waals surface area contributed by atoms with Gasteiger partial charge in [-0.2, -0.15) is 4.98 Å². The molecule has 1 heterocycles. The highest BCUT2D eigenvalue weighted by Crippen LogP contribution is 2.19.